The number of hydrogen-bond donors (Lipinski definition) is 1. The molecule has 0 spiro atoms. The highest BCUT2D eigenvalue weighted by Gasteiger charge is 2.33. The van der Waals surface area contributed by atoms with Gasteiger partial charge in [-0.15, -0.1) is 0 Å². The molecule has 0 aromatic carbocycles. The Morgan fingerprint density at radius 2 is 1.95 bits per heavy atom. The minimum atomic E-state index is -3.42. The molecule has 0 unspecified atom stereocenters. The Hall–Kier alpha value is -0.700. The monoisotopic (exact) mass is 306 g/mol. The number of carbonyl (C=O) groups is 1. The van der Waals surface area contributed by atoms with Crippen molar-refractivity contribution in [3.63, 3.8) is 0 Å². The summed E-state index contributed by atoms with van der Waals surface area (Å²) in [6, 6.07) is 0. The van der Waals surface area contributed by atoms with Gasteiger partial charge in [0, 0.05) is 40.3 Å². The molecule has 0 radical (unpaired) electrons. The fraction of sp³-hybridized carbons (Fsp3) is 0.917. The van der Waals surface area contributed by atoms with Gasteiger partial charge in [0.25, 0.3) is 10.2 Å². The first kappa shape index (κ1) is 17.4. The van der Waals surface area contributed by atoms with Gasteiger partial charge in [-0.2, -0.15) is 17.0 Å². The number of rotatable bonds is 6. The summed E-state index contributed by atoms with van der Waals surface area (Å²) in [5.41, 5.74) is 0. The zero-order valence-corrected chi connectivity index (χ0v) is 13.6. The van der Waals surface area contributed by atoms with Gasteiger partial charge in [-0.1, -0.05) is 0 Å². The van der Waals surface area contributed by atoms with Crippen LogP contribution in [0.1, 0.15) is 12.8 Å². The lowest BCUT2D eigenvalue weighted by molar-refractivity contribution is -0.126. The normalized spacial score (nSPS) is 21.4. The number of nitrogens with zero attached hydrogens (tertiary/aromatic N) is 3. The van der Waals surface area contributed by atoms with Gasteiger partial charge in [0.15, 0.2) is 0 Å². The van der Waals surface area contributed by atoms with Crippen LogP contribution in [0, 0.1) is 5.92 Å². The fourth-order valence-electron chi connectivity index (χ4n) is 2.14. The third-order valence-corrected chi connectivity index (χ3v) is 5.31. The van der Waals surface area contributed by atoms with E-state index in [9.17, 15) is 13.2 Å². The van der Waals surface area contributed by atoms with Crippen LogP contribution in [-0.4, -0.2) is 82.2 Å². The summed E-state index contributed by atoms with van der Waals surface area (Å²) in [6.45, 7) is 2.12. The van der Waals surface area contributed by atoms with Crippen molar-refractivity contribution >= 4 is 16.1 Å². The summed E-state index contributed by atoms with van der Waals surface area (Å²) in [7, 11) is 3.48. The Morgan fingerprint density at radius 3 is 2.50 bits per heavy atom. The lowest BCUT2D eigenvalue weighted by Crippen LogP contribution is -2.49. The zero-order valence-electron chi connectivity index (χ0n) is 12.8. The van der Waals surface area contributed by atoms with Gasteiger partial charge >= 0.3 is 0 Å². The quantitative estimate of drug-likeness (QED) is 0.696. The smallest absolute Gasteiger partial charge is 0.281 e. The number of amides is 1. The van der Waals surface area contributed by atoms with Gasteiger partial charge in [-0.3, -0.25) is 4.79 Å². The molecule has 1 aliphatic heterocycles. The van der Waals surface area contributed by atoms with Crippen LogP contribution in [0.25, 0.3) is 0 Å². The predicted octanol–water partition coefficient (Wildman–Crippen LogP) is -0.817. The molecule has 0 aliphatic carbocycles. The highest BCUT2D eigenvalue weighted by Crippen LogP contribution is 2.20. The van der Waals surface area contributed by atoms with E-state index in [-0.39, 0.29) is 18.4 Å². The van der Waals surface area contributed by atoms with Gasteiger partial charge in [0.2, 0.25) is 5.91 Å². The maximum Gasteiger partial charge on any atom is 0.281 e. The largest absolute Gasteiger partial charge is 0.355 e. The third-order valence-electron chi connectivity index (χ3n) is 3.40. The highest BCUT2D eigenvalue weighted by atomic mass is 32.2. The van der Waals surface area contributed by atoms with Crippen LogP contribution in [0.2, 0.25) is 0 Å². The van der Waals surface area contributed by atoms with Crippen LogP contribution in [-0.2, 0) is 15.0 Å². The molecule has 0 aromatic rings. The van der Waals surface area contributed by atoms with Gasteiger partial charge in [0.05, 0.1) is 5.92 Å². The molecule has 1 rings (SSSR count). The second-order valence-corrected chi connectivity index (χ2v) is 7.72. The molecule has 1 fully saturated rings. The number of carbonyl (C=O) groups excluding carboxylic acids is 1. The lowest BCUT2D eigenvalue weighted by atomic mass is 9.99. The molecule has 1 amide bonds. The molecule has 118 valence electrons. The molecule has 0 bridgehead atoms. The molecule has 0 aromatic heterocycles. The Labute approximate surface area is 122 Å². The van der Waals surface area contributed by atoms with E-state index in [4.69, 9.17) is 0 Å². The van der Waals surface area contributed by atoms with E-state index in [2.05, 4.69) is 5.32 Å². The minimum absolute atomic E-state index is 0.0505. The van der Waals surface area contributed by atoms with Crippen molar-refractivity contribution in [2.45, 2.75) is 12.8 Å². The molecular weight excluding hydrogens is 280 g/mol. The first-order valence-corrected chi connectivity index (χ1v) is 8.25. The van der Waals surface area contributed by atoms with Gasteiger partial charge < -0.3 is 10.2 Å². The number of piperidine rings is 1. The summed E-state index contributed by atoms with van der Waals surface area (Å²) in [5.74, 6) is -0.300. The Kier molecular flexibility index (Phi) is 6.38. The Bertz CT molecular complexity index is 422. The van der Waals surface area contributed by atoms with Crippen molar-refractivity contribution in [2.24, 2.45) is 5.92 Å². The summed E-state index contributed by atoms with van der Waals surface area (Å²) in [6.07, 6.45) is 1.46. The molecule has 0 saturated carbocycles. The second-order valence-electron chi connectivity index (χ2n) is 5.58. The topological polar surface area (TPSA) is 73.0 Å². The molecule has 20 heavy (non-hydrogen) atoms. The molecular formula is C12H26N4O3S. The van der Waals surface area contributed by atoms with E-state index in [0.717, 1.165) is 19.4 Å². The van der Waals surface area contributed by atoms with Crippen LogP contribution in [0.5, 0.6) is 0 Å². The number of nitrogens with one attached hydrogen (secondary N) is 1. The molecule has 1 saturated heterocycles. The Balaban J connectivity index is 2.54. The minimum Gasteiger partial charge on any atom is -0.355 e. The molecule has 1 atom stereocenters. The van der Waals surface area contributed by atoms with Crippen molar-refractivity contribution in [1.29, 1.82) is 0 Å². The summed E-state index contributed by atoms with van der Waals surface area (Å²) in [4.78, 5) is 14.0. The fourth-order valence-corrected chi connectivity index (χ4v) is 3.33. The maximum absolute atomic E-state index is 12.1. The van der Waals surface area contributed by atoms with E-state index in [1.54, 1.807) is 0 Å². The van der Waals surface area contributed by atoms with Crippen LogP contribution in [0.15, 0.2) is 0 Å². The Morgan fingerprint density at radius 1 is 1.30 bits per heavy atom. The molecule has 1 heterocycles. The van der Waals surface area contributed by atoms with Crippen molar-refractivity contribution in [3.8, 4) is 0 Å². The van der Waals surface area contributed by atoms with Gasteiger partial charge in [-0.05, 0) is 26.9 Å². The van der Waals surface area contributed by atoms with E-state index < -0.39 is 10.2 Å². The van der Waals surface area contributed by atoms with Crippen LogP contribution in [0.3, 0.4) is 0 Å². The van der Waals surface area contributed by atoms with Crippen molar-refractivity contribution < 1.29 is 13.2 Å². The standard InChI is InChI=1S/C12H26N4O3S/c1-14(2)9-7-13-12(17)11-6-5-8-16(10-11)20(18,19)15(3)4/h11H,5-10H2,1-4H3,(H,13,17)/t11-/m1/s1. The summed E-state index contributed by atoms with van der Waals surface area (Å²) < 4.78 is 26.7. The second kappa shape index (κ2) is 7.35. The van der Waals surface area contributed by atoms with Gasteiger partial charge in [-0.25, -0.2) is 0 Å². The van der Waals surface area contributed by atoms with E-state index in [0.29, 0.717) is 13.1 Å². The number of likely N-dealkylation sites (N-methyl/N-ethyl adjacent to an activating group) is 1. The van der Waals surface area contributed by atoms with Crippen LogP contribution < -0.4 is 5.32 Å². The average Bonchev–Trinajstić information content (AvgIpc) is 2.38. The van der Waals surface area contributed by atoms with E-state index in [1.807, 2.05) is 19.0 Å². The molecule has 8 heteroatoms. The van der Waals surface area contributed by atoms with Crippen molar-refractivity contribution in [3.05, 3.63) is 0 Å². The SMILES string of the molecule is CN(C)CCNC(=O)[C@@H]1CCCN(S(=O)(=O)N(C)C)C1. The summed E-state index contributed by atoms with van der Waals surface area (Å²) >= 11 is 0. The number of hydrogen-bond acceptors (Lipinski definition) is 4. The van der Waals surface area contributed by atoms with Crippen LogP contribution >= 0.6 is 0 Å². The van der Waals surface area contributed by atoms with E-state index >= 15 is 0 Å². The van der Waals surface area contributed by atoms with Crippen molar-refractivity contribution in [1.82, 2.24) is 18.8 Å². The first-order chi connectivity index (χ1) is 9.25. The molecule has 7 nitrogen and oxygen atoms in total. The average molecular weight is 306 g/mol. The zero-order chi connectivity index (χ0) is 15.3. The first-order valence-electron chi connectivity index (χ1n) is 6.85. The molecule has 1 N–H and O–H groups in total. The highest BCUT2D eigenvalue weighted by molar-refractivity contribution is 7.86. The van der Waals surface area contributed by atoms with Crippen LogP contribution in [0.4, 0.5) is 0 Å². The summed E-state index contributed by atoms with van der Waals surface area (Å²) in [5, 5.41) is 2.87. The van der Waals surface area contributed by atoms with Gasteiger partial charge in [0.1, 0.15) is 0 Å². The predicted molar refractivity (Wildman–Crippen MR) is 78.5 cm³/mol. The molecule has 1 aliphatic rings. The third kappa shape index (κ3) is 4.69. The van der Waals surface area contributed by atoms with E-state index in [1.165, 1.54) is 22.7 Å². The van der Waals surface area contributed by atoms with Crippen molar-refractivity contribution in [2.75, 3.05) is 54.4 Å². The maximum atomic E-state index is 12.1. The lowest BCUT2D eigenvalue weighted by Gasteiger charge is -2.32.